The van der Waals surface area contributed by atoms with Crippen molar-refractivity contribution in [1.29, 1.82) is 5.41 Å². The van der Waals surface area contributed by atoms with E-state index >= 15 is 0 Å². The van der Waals surface area contributed by atoms with Gasteiger partial charge in [0.15, 0.2) is 0 Å². The smallest absolute Gasteiger partial charge is 0.288 e. The molecule has 0 bridgehead atoms. The van der Waals surface area contributed by atoms with Crippen LogP contribution in [0.4, 0.5) is 11.5 Å². The first kappa shape index (κ1) is 14.8. The molecular formula is C12H12ClN5O3. The van der Waals surface area contributed by atoms with Crippen molar-refractivity contribution in [1.82, 2.24) is 9.71 Å². The molecule has 8 nitrogen and oxygen atoms in total. The van der Waals surface area contributed by atoms with Crippen molar-refractivity contribution in [3.63, 3.8) is 0 Å². The molecule has 0 amide bonds. The van der Waals surface area contributed by atoms with Gasteiger partial charge in [-0.2, -0.15) is 9.71 Å². The second kappa shape index (κ2) is 5.41. The first-order valence-electron chi connectivity index (χ1n) is 5.96. The summed E-state index contributed by atoms with van der Waals surface area (Å²) in [7, 11) is 0. The standard InChI is InChI=1S/C12H12ClN5O3/c1-2-8-10(11(14)16-12(15)17(8)19)6-3-4-7(13)9(5-6)18(20)21/h3-5,19H,2H2,1H3,(H3,14,15,16). The molecule has 4 N–H and O–H groups in total. The van der Waals surface area contributed by atoms with Crippen LogP contribution >= 0.6 is 11.6 Å². The number of nitrogens with two attached hydrogens (primary N) is 1. The highest BCUT2D eigenvalue weighted by molar-refractivity contribution is 6.32. The summed E-state index contributed by atoms with van der Waals surface area (Å²) in [5.41, 5.74) is 6.21. The number of nitrogens with zero attached hydrogens (tertiary/aromatic N) is 3. The van der Waals surface area contributed by atoms with Crippen molar-refractivity contribution in [3.05, 3.63) is 44.6 Å². The van der Waals surface area contributed by atoms with Crippen molar-refractivity contribution in [2.24, 2.45) is 0 Å². The second-order valence-corrected chi connectivity index (χ2v) is 4.64. The Bertz CT molecular complexity index is 787. The Labute approximate surface area is 124 Å². The molecule has 0 spiro atoms. The normalized spacial score (nSPS) is 10.6. The average molecular weight is 310 g/mol. The quantitative estimate of drug-likeness (QED) is 0.453. The molecule has 0 unspecified atom stereocenters. The van der Waals surface area contributed by atoms with Crippen LogP contribution < -0.4 is 11.4 Å². The zero-order valence-corrected chi connectivity index (χ0v) is 11.8. The first-order valence-corrected chi connectivity index (χ1v) is 6.34. The monoisotopic (exact) mass is 309 g/mol. The van der Waals surface area contributed by atoms with Gasteiger partial charge < -0.3 is 10.9 Å². The number of halogens is 1. The molecule has 0 atom stereocenters. The molecule has 1 aromatic carbocycles. The van der Waals surface area contributed by atoms with E-state index in [1.807, 2.05) is 0 Å². The van der Waals surface area contributed by atoms with Crippen LogP contribution in [0.25, 0.3) is 11.1 Å². The Kier molecular flexibility index (Phi) is 3.81. The van der Waals surface area contributed by atoms with Crippen LogP contribution in [-0.4, -0.2) is 19.8 Å². The van der Waals surface area contributed by atoms with Gasteiger partial charge in [0.1, 0.15) is 10.8 Å². The number of nitrogen functional groups attached to an aromatic ring is 1. The van der Waals surface area contributed by atoms with Gasteiger partial charge in [-0.1, -0.05) is 24.6 Å². The lowest BCUT2D eigenvalue weighted by Crippen LogP contribution is -2.26. The summed E-state index contributed by atoms with van der Waals surface area (Å²) in [5.74, 6) is 0.0128. The predicted molar refractivity (Wildman–Crippen MR) is 76.2 cm³/mol. The minimum Gasteiger partial charge on any atom is -0.425 e. The second-order valence-electron chi connectivity index (χ2n) is 4.23. The summed E-state index contributed by atoms with van der Waals surface area (Å²) in [6.07, 6.45) is 0.362. The molecule has 1 heterocycles. The van der Waals surface area contributed by atoms with Crippen molar-refractivity contribution in [2.45, 2.75) is 13.3 Å². The van der Waals surface area contributed by atoms with Gasteiger partial charge in [0.25, 0.3) is 11.3 Å². The summed E-state index contributed by atoms with van der Waals surface area (Å²) in [4.78, 5) is 14.1. The number of rotatable bonds is 3. The van der Waals surface area contributed by atoms with Gasteiger partial charge in [0, 0.05) is 11.6 Å². The van der Waals surface area contributed by atoms with Gasteiger partial charge in [-0.3, -0.25) is 15.5 Å². The van der Waals surface area contributed by atoms with Crippen LogP contribution in [0.15, 0.2) is 18.2 Å². The largest absolute Gasteiger partial charge is 0.425 e. The third-order valence-corrected chi connectivity index (χ3v) is 3.31. The SMILES string of the molecule is CCc1c(-c2ccc(Cl)c([N+](=O)[O-])c2)c(N)nc(=N)n1O. The third-order valence-electron chi connectivity index (χ3n) is 2.99. The molecule has 9 heteroatoms. The van der Waals surface area contributed by atoms with E-state index in [1.165, 1.54) is 12.1 Å². The topological polar surface area (TPSA) is 131 Å². The van der Waals surface area contributed by atoms with Crippen LogP contribution in [0.5, 0.6) is 0 Å². The minimum atomic E-state index is -0.604. The summed E-state index contributed by atoms with van der Waals surface area (Å²) in [6, 6.07) is 4.19. The Morgan fingerprint density at radius 2 is 2.24 bits per heavy atom. The summed E-state index contributed by atoms with van der Waals surface area (Å²) < 4.78 is 0.603. The Hall–Kier alpha value is -2.61. The summed E-state index contributed by atoms with van der Waals surface area (Å²) >= 11 is 5.78. The fourth-order valence-electron chi connectivity index (χ4n) is 2.05. The molecule has 110 valence electrons. The van der Waals surface area contributed by atoms with E-state index in [0.29, 0.717) is 28.0 Å². The molecule has 0 saturated carbocycles. The maximum atomic E-state index is 11.0. The molecular weight excluding hydrogens is 298 g/mol. The summed E-state index contributed by atoms with van der Waals surface area (Å²) in [5, 5.41) is 28.3. The molecule has 0 radical (unpaired) electrons. The fraction of sp³-hybridized carbons (Fsp3) is 0.167. The maximum Gasteiger partial charge on any atom is 0.288 e. The molecule has 21 heavy (non-hydrogen) atoms. The van der Waals surface area contributed by atoms with Gasteiger partial charge in [-0.15, -0.1) is 0 Å². The zero-order valence-electron chi connectivity index (χ0n) is 11.0. The molecule has 0 aliphatic rings. The molecule has 2 rings (SSSR count). The Morgan fingerprint density at radius 1 is 1.57 bits per heavy atom. The highest BCUT2D eigenvalue weighted by Crippen LogP contribution is 2.33. The van der Waals surface area contributed by atoms with Gasteiger partial charge in [0.05, 0.1) is 10.6 Å². The lowest BCUT2D eigenvalue weighted by Gasteiger charge is -2.13. The lowest BCUT2D eigenvalue weighted by molar-refractivity contribution is -0.384. The van der Waals surface area contributed by atoms with E-state index in [-0.39, 0.29) is 16.5 Å². The van der Waals surface area contributed by atoms with Crippen LogP contribution in [0.1, 0.15) is 12.6 Å². The van der Waals surface area contributed by atoms with Gasteiger partial charge in [0.2, 0.25) is 0 Å². The highest BCUT2D eigenvalue weighted by Gasteiger charge is 2.19. The molecule has 0 aliphatic heterocycles. The molecule has 2 aromatic rings. The Balaban J connectivity index is 2.79. The summed E-state index contributed by atoms with van der Waals surface area (Å²) in [6.45, 7) is 1.76. The van der Waals surface area contributed by atoms with Crippen molar-refractivity contribution in [2.75, 3.05) is 5.73 Å². The van der Waals surface area contributed by atoms with Gasteiger partial charge >= 0.3 is 0 Å². The van der Waals surface area contributed by atoms with E-state index < -0.39 is 10.5 Å². The van der Waals surface area contributed by atoms with Crippen molar-refractivity contribution in [3.8, 4) is 11.1 Å². The van der Waals surface area contributed by atoms with E-state index in [0.717, 1.165) is 0 Å². The van der Waals surface area contributed by atoms with Crippen LogP contribution in [0, 0.1) is 15.5 Å². The van der Waals surface area contributed by atoms with Crippen LogP contribution in [-0.2, 0) is 6.42 Å². The zero-order chi connectivity index (χ0) is 15.7. The van der Waals surface area contributed by atoms with E-state index in [1.54, 1.807) is 13.0 Å². The first-order chi connectivity index (χ1) is 9.86. The molecule has 0 fully saturated rings. The highest BCUT2D eigenvalue weighted by atomic mass is 35.5. The maximum absolute atomic E-state index is 11.0. The lowest BCUT2D eigenvalue weighted by atomic mass is 10.0. The molecule has 1 aromatic heterocycles. The molecule has 0 aliphatic carbocycles. The number of nitrogens with one attached hydrogen (secondary N) is 1. The van der Waals surface area contributed by atoms with Crippen molar-refractivity contribution >= 4 is 23.1 Å². The fourth-order valence-corrected chi connectivity index (χ4v) is 2.23. The van der Waals surface area contributed by atoms with E-state index in [9.17, 15) is 15.3 Å². The Morgan fingerprint density at radius 3 is 2.81 bits per heavy atom. The molecule has 0 saturated heterocycles. The number of hydrogen-bond donors (Lipinski definition) is 3. The number of nitro groups is 1. The van der Waals surface area contributed by atoms with Gasteiger partial charge in [-0.25, -0.2) is 0 Å². The van der Waals surface area contributed by atoms with Crippen molar-refractivity contribution < 1.29 is 10.1 Å². The van der Waals surface area contributed by atoms with Gasteiger partial charge in [-0.05, 0) is 18.1 Å². The number of benzene rings is 1. The number of hydrogen-bond acceptors (Lipinski definition) is 6. The van der Waals surface area contributed by atoms with Crippen LogP contribution in [0.3, 0.4) is 0 Å². The van der Waals surface area contributed by atoms with Crippen LogP contribution in [0.2, 0.25) is 5.02 Å². The third kappa shape index (κ3) is 2.52. The predicted octanol–water partition coefficient (Wildman–Crippen LogP) is 1.97. The minimum absolute atomic E-state index is 0.00214. The number of nitro benzene ring substituents is 1. The van der Waals surface area contributed by atoms with E-state index in [4.69, 9.17) is 22.7 Å². The number of aromatic nitrogens is 2. The number of anilines is 1. The van der Waals surface area contributed by atoms with E-state index in [2.05, 4.69) is 4.98 Å². The average Bonchev–Trinajstić information content (AvgIpc) is 2.43.